The fourth-order valence-corrected chi connectivity index (χ4v) is 5.13. The molecule has 0 radical (unpaired) electrons. The normalized spacial score (nSPS) is 27.3. The number of ketones is 1. The average Bonchev–Trinajstić information content (AvgIpc) is 2.71. The Morgan fingerprint density at radius 3 is 2.73 bits per heavy atom. The third kappa shape index (κ3) is 1.17. The Hall–Kier alpha value is -0.400. The molecule has 2 heterocycles. The molecule has 1 aromatic heterocycles. The predicted molar refractivity (Wildman–Crippen MR) is 60.2 cm³/mol. The number of halogens is 2. The predicted octanol–water partition coefficient (Wildman–Crippen LogP) is 2.62. The SMILES string of the molecule is O=C1N[C@H]2C(=O)c3c(Br)sc(Br)c3[C@H]2O1. The molecule has 4 nitrogen and oxygen atoms in total. The second kappa shape index (κ2) is 3.05. The van der Waals surface area contributed by atoms with Crippen molar-refractivity contribution in [3.8, 4) is 0 Å². The minimum Gasteiger partial charge on any atom is -0.439 e. The van der Waals surface area contributed by atoms with Gasteiger partial charge in [0.2, 0.25) is 0 Å². The highest BCUT2D eigenvalue weighted by Gasteiger charge is 2.50. The van der Waals surface area contributed by atoms with Gasteiger partial charge in [0, 0.05) is 5.56 Å². The van der Waals surface area contributed by atoms with Crippen molar-refractivity contribution in [3.63, 3.8) is 0 Å². The molecular weight excluding hydrogens is 350 g/mol. The largest absolute Gasteiger partial charge is 0.439 e. The van der Waals surface area contributed by atoms with Crippen LogP contribution in [0.4, 0.5) is 4.79 Å². The van der Waals surface area contributed by atoms with E-state index in [4.69, 9.17) is 4.74 Å². The van der Waals surface area contributed by atoms with E-state index >= 15 is 0 Å². The summed E-state index contributed by atoms with van der Waals surface area (Å²) in [6, 6.07) is -0.552. The van der Waals surface area contributed by atoms with Crippen LogP contribution >= 0.6 is 43.2 Å². The number of nitrogens with one attached hydrogen (secondary N) is 1. The minimum absolute atomic E-state index is 0.0883. The number of rotatable bonds is 0. The summed E-state index contributed by atoms with van der Waals surface area (Å²) in [5, 5.41) is 2.51. The molecule has 0 saturated carbocycles. The van der Waals surface area contributed by atoms with Crippen molar-refractivity contribution < 1.29 is 14.3 Å². The molecule has 0 bridgehead atoms. The molecule has 3 rings (SSSR count). The highest BCUT2D eigenvalue weighted by atomic mass is 79.9. The van der Waals surface area contributed by atoms with E-state index in [1.165, 1.54) is 11.3 Å². The van der Waals surface area contributed by atoms with Gasteiger partial charge in [-0.3, -0.25) is 4.79 Å². The van der Waals surface area contributed by atoms with Crippen molar-refractivity contribution in [2.24, 2.45) is 0 Å². The summed E-state index contributed by atoms with van der Waals surface area (Å²) in [5.74, 6) is -0.0883. The van der Waals surface area contributed by atoms with E-state index in [-0.39, 0.29) is 5.78 Å². The first-order chi connectivity index (χ1) is 7.09. The van der Waals surface area contributed by atoms with Gasteiger partial charge in [0.15, 0.2) is 11.9 Å². The molecule has 2 aliphatic rings. The van der Waals surface area contributed by atoms with Crippen LogP contribution in [0.15, 0.2) is 7.57 Å². The van der Waals surface area contributed by atoms with Crippen LogP contribution in [0.3, 0.4) is 0 Å². The maximum atomic E-state index is 11.9. The standard InChI is InChI=1S/C8H3Br2NO3S/c9-6-1-2(7(10)15-6)5-3(4(1)12)11-8(13)14-5/h3,5H,(H,11,13)/t3-,5+/m0/s1. The fourth-order valence-electron chi connectivity index (χ4n) is 1.88. The number of hydrogen-bond donors (Lipinski definition) is 1. The Kier molecular flexibility index (Phi) is 1.99. The number of carbonyl (C=O) groups is 2. The van der Waals surface area contributed by atoms with Gasteiger partial charge in [-0.1, -0.05) is 0 Å². The van der Waals surface area contributed by atoms with Crippen molar-refractivity contribution in [1.29, 1.82) is 0 Å². The number of Topliss-reactive ketones (excluding diaryl/α,β-unsaturated/α-hetero) is 1. The van der Waals surface area contributed by atoms with Gasteiger partial charge in [0.1, 0.15) is 6.04 Å². The van der Waals surface area contributed by atoms with Gasteiger partial charge in [-0.15, -0.1) is 11.3 Å². The van der Waals surface area contributed by atoms with Crippen LogP contribution in [0.1, 0.15) is 22.0 Å². The number of carbonyl (C=O) groups excluding carboxylic acids is 2. The molecule has 1 aromatic rings. The summed E-state index contributed by atoms with van der Waals surface area (Å²) < 4.78 is 6.68. The molecule has 1 N–H and O–H groups in total. The number of fused-ring (bicyclic) bond motifs is 3. The lowest BCUT2D eigenvalue weighted by Crippen LogP contribution is -2.31. The minimum atomic E-state index is -0.552. The van der Waals surface area contributed by atoms with E-state index in [1.807, 2.05) is 0 Å². The summed E-state index contributed by atoms with van der Waals surface area (Å²) in [5.41, 5.74) is 1.40. The van der Waals surface area contributed by atoms with Crippen LogP contribution in [0.5, 0.6) is 0 Å². The van der Waals surface area contributed by atoms with Crippen LogP contribution in [0, 0.1) is 0 Å². The number of ether oxygens (including phenoxy) is 1. The number of amides is 1. The topological polar surface area (TPSA) is 55.4 Å². The molecule has 2 atom stereocenters. The molecule has 0 unspecified atom stereocenters. The van der Waals surface area contributed by atoms with Gasteiger partial charge in [-0.2, -0.15) is 0 Å². The van der Waals surface area contributed by atoms with E-state index < -0.39 is 18.2 Å². The Bertz CT molecular complexity index is 498. The first-order valence-corrected chi connectivity index (χ1v) is 6.49. The average molecular weight is 353 g/mol. The zero-order valence-corrected chi connectivity index (χ0v) is 11.0. The number of thiophene rings is 1. The lowest BCUT2D eigenvalue weighted by Gasteiger charge is -2.05. The van der Waals surface area contributed by atoms with Gasteiger partial charge in [-0.25, -0.2) is 4.79 Å². The van der Waals surface area contributed by atoms with Crippen LogP contribution < -0.4 is 5.32 Å². The Labute approximate surface area is 105 Å². The number of alkyl carbamates (subject to hydrolysis) is 1. The third-order valence-corrected chi connectivity index (χ3v) is 5.06. The van der Waals surface area contributed by atoms with E-state index in [0.29, 0.717) is 5.56 Å². The molecular formula is C8H3Br2NO3S. The van der Waals surface area contributed by atoms with Gasteiger partial charge in [-0.05, 0) is 31.9 Å². The molecule has 78 valence electrons. The summed E-state index contributed by atoms with van der Waals surface area (Å²) in [6.07, 6.45) is -1.00. The van der Waals surface area contributed by atoms with E-state index in [1.54, 1.807) is 0 Å². The Balaban J connectivity index is 2.21. The second-order valence-electron chi connectivity index (χ2n) is 3.25. The highest BCUT2D eigenvalue weighted by molar-refractivity contribution is 9.12. The summed E-state index contributed by atoms with van der Waals surface area (Å²) in [4.78, 5) is 22.9. The maximum absolute atomic E-state index is 11.9. The van der Waals surface area contributed by atoms with Crippen molar-refractivity contribution in [3.05, 3.63) is 18.7 Å². The van der Waals surface area contributed by atoms with Crippen molar-refractivity contribution >= 4 is 55.1 Å². The first kappa shape index (κ1) is 9.80. The quantitative estimate of drug-likeness (QED) is 0.780. The fraction of sp³-hybridized carbons (Fsp3) is 0.250. The van der Waals surface area contributed by atoms with Crippen molar-refractivity contribution in [2.75, 3.05) is 0 Å². The van der Waals surface area contributed by atoms with Crippen LogP contribution in [0.25, 0.3) is 0 Å². The molecule has 1 saturated heterocycles. The molecule has 0 aromatic carbocycles. The Morgan fingerprint density at radius 1 is 1.27 bits per heavy atom. The summed E-state index contributed by atoms with van der Waals surface area (Å²) in [7, 11) is 0. The maximum Gasteiger partial charge on any atom is 0.408 e. The van der Waals surface area contributed by atoms with Gasteiger partial charge < -0.3 is 10.1 Å². The summed E-state index contributed by atoms with van der Waals surface area (Å²) >= 11 is 8.12. The molecule has 7 heteroatoms. The molecule has 15 heavy (non-hydrogen) atoms. The molecule has 1 amide bonds. The zero-order valence-electron chi connectivity index (χ0n) is 7.04. The van der Waals surface area contributed by atoms with Gasteiger partial charge >= 0.3 is 6.09 Å². The smallest absolute Gasteiger partial charge is 0.408 e. The molecule has 1 aliphatic carbocycles. The molecule has 1 fully saturated rings. The van der Waals surface area contributed by atoms with Crippen LogP contribution in [-0.4, -0.2) is 17.9 Å². The lowest BCUT2D eigenvalue weighted by atomic mass is 10.2. The number of hydrogen-bond acceptors (Lipinski definition) is 4. The van der Waals surface area contributed by atoms with Crippen LogP contribution in [-0.2, 0) is 4.74 Å². The molecule has 1 aliphatic heterocycles. The summed E-state index contributed by atoms with van der Waals surface area (Å²) in [6.45, 7) is 0. The monoisotopic (exact) mass is 351 g/mol. The lowest BCUT2D eigenvalue weighted by molar-refractivity contribution is 0.0922. The first-order valence-electron chi connectivity index (χ1n) is 4.08. The van der Waals surface area contributed by atoms with Crippen molar-refractivity contribution in [1.82, 2.24) is 5.32 Å². The zero-order chi connectivity index (χ0) is 10.7. The highest BCUT2D eigenvalue weighted by Crippen LogP contribution is 2.49. The van der Waals surface area contributed by atoms with Crippen LogP contribution in [0.2, 0.25) is 0 Å². The Morgan fingerprint density at radius 2 is 2.00 bits per heavy atom. The van der Waals surface area contributed by atoms with E-state index in [2.05, 4.69) is 37.2 Å². The third-order valence-electron chi connectivity index (χ3n) is 2.48. The van der Waals surface area contributed by atoms with Gasteiger partial charge in [0.05, 0.1) is 13.1 Å². The van der Waals surface area contributed by atoms with E-state index in [0.717, 1.165) is 13.1 Å². The molecule has 0 spiro atoms. The second-order valence-corrected chi connectivity index (χ2v) is 6.91. The van der Waals surface area contributed by atoms with Gasteiger partial charge in [0.25, 0.3) is 0 Å². The van der Waals surface area contributed by atoms with Crippen molar-refractivity contribution in [2.45, 2.75) is 12.1 Å². The van der Waals surface area contributed by atoms with E-state index in [9.17, 15) is 9.59 Å².